The van der Waals surface area contributed by atoms with Gasteiger partial charge in [-0.15, -0.1) is 0 Å². The van der Waals surface area contributed by atoms with Crippen LogP contribution in [0.1, 0.15) is 13.8 Å². The number of hydrogen-bond acceptors (Lipinski definition) is 3. The van der Waals surface area contributed by atoms with E-state index in [1.807, 2.05) is 32.1 Å². The molecule has 2 unspecified atom stereocenters. The molecule has 0 bridgehead atoms. The summed E-state index contributed by atoms with van der Waals surface area (Å²) >= 11 is 0. The number of epoxide rings is 1. The fraction of sp³-hybridized carbons (Fsp3) is 0.600. The number of hydrogen-bond donors (Lipinski definition) is 0. The molecule has 1 aliphatic heterocycles. The largest absolute Gasteiger partial charge is 0.494 e. The van der Waals surface area contributed by atoms with Crippen molar-refractivity contribution in [3.05, 3.63) is 24.0 Å². The highest BCUT2D eigenvalue weighted by atomic mass is 16.8. The molecule has 3 nitrogen and oxygen atoms in total. The fourth-order valence-electron chi connectivity index (χ4n) is 1.50. The van der Waals surface area contributed by atoms with E-state index in [1.54, 1.807) is 0 Å². The molecule has 0 amide bonds. The van der Waals surface area contributed by atoms with Crippen LogP contribution in [0, 0.1) is 0 Å². The van der Waals surface area contributed by atoms with Crippen molar-refractivity contribution in [2.45, 2.75) is 25.7 Å². The van der Waals surface area contributed by atoms with Crippen molar-refractivity contribution in [1.29, 1.82) is 0 Å². The Morgan fingerprint density at radius 3 is 2.92 bits per heavy atom. The van der Waals surface area contributed by atoms with Crippen LogP contribution in [0.25, 0.3) is 0 Å². The van der Waals surface area contributed by atoms with Gasteiger partial charge >= 0.3 is 0 Å². The Kier molecular flexibility index (Phi) is 2.14. The van der Waals surface area contributed by atoms with Crippen LogP contribution in [0.3, 0.4) is 0 Å². The summed E-state index contributed by atoms with van der Waals surface area (Å²) in [5.41, 5.74) is 0. The van der Waals surface area contributed by atoms with Crippen molar-refractivity contribution in [3.63, 3.8) is 0 Å². The van der Waals surface area contributed by atoms with Crippen LogP contribution in [0.4, 0.5) is 0 Å². The zero-order valence-electron chi connectivity index (χ0n) is 7.95. The molecular formula is C10H14O3. The minimum atomic E-state index is -0.463. The molecule has 1 aliphatic carbocycles. The molecule has 0 aromatic rings. The number of rotatable bonds is 4. The van der Waals surface area contributed by atoms with E-state index in [1.165, 1.54) is 0 Å². The second-order valence-electron chi connectivity index (χ2n) is 3.03. The molecule has 0 N–H and O–H groups in total. The average molecular weight is 182 g/mol. The van der Waals surface area contributed by atoms with Crippen LogP contribution in [-0.4, -0.2) is 25.1 Å². The second kappa shape index (κ2) is 3.16. The van der Waals surface area contributed by atoms with Crippen molar-refractivity contribution >= 4 is 0 Å². The molecule has 1 heterocycles. The van der Waals surface area contributed by atoms with E-state index in [4.69, 9.17) is 14.2 Å². The third-order valence-electron chi connectivity index (χ3n) is 2.13. The predicted octanol–water partition coefficient (Wildman–Crippen LogP) is 1.61. The molecule has 3 heteroatoms. The monoisotopic (exact) mass is 182 g/mol. The van der Waals surface area contributed by atoms with Gasteiger partial charge < -0.3 is 14.2 Å². The maximum atomic E-state index is 5.46. The molecule has 13 heavy (non-hydrogen) atoms. The summed E-state index contributed by atoms with van der Waals surface area (Å²) in [7, 11) is 0. The molecule has 2 atom stereocenters. The first-order chi connectivity index (χ1) is 6.30. The molecule has 2 rings (SSSR count). The van der Waals surface area contributed by atoms with Crippen LogP contribution in [0.2, 0.25) is 0 Å². The van der Waals surface area contributed by atoms with Crippen molar-refractivity contribution in [2.24, 2.45) is 0 Å². The first-order valence-electron chi connectivity index (χ1n) is 4.66. The average Bonchev–Trinajstić information content (AvgIpc) is 2.79. The summed E-state index contributed by atoms with van der Waals surface area (Å²) in [6, 6.07) is 0. The highest BCUT2D eigenvalue weighted by molar-refractivity contribution is 5.31. The molecule has 72 valence electrons. The summed E-state index contributed by atoms with van der Waals surface area (Å²) in [6.45, 7) is 5.28. The van der Waals surface area contributed by atoms with Gasteiger partial charge in [-0.3, -0.25) is 0 Å². The summed E-state index contributed by atoms with van der Waals surface area (Å²) < 4.78 is 16.2. The summed E-state index contributed by atoms with van der Waals surface area (Å²) in [4.78, 5) is 0. The molecule has 0 spiro atoms. The van der Waals surface area contributed by atoms with E-state index < -0.39 is 5.79 Å². The lowest BCUT2D eigenvalue weighted by molar-refractivity contribution is -0.00105. The summed E-state index contributed by atoms with van der Waals surface area (Å²) in [6.07, 6.45) is 5.84. The Labute approximate surface area is 78.0 Å². The van der Waals surface area contributed by atoms with Gasteiger partial charge in [0.15, 0.2) is 0 Å². The third kappa shape index (κ3) is 1.49. The van der Waals surface area contributed by atoms with E-state index in [2.05, 4.69) is 0 Å². The molecule has 0 saturated carbocycles. The summed E-state index contributed by atoms with van der Waals surface area (Å²) in [5.74, 6) is 0.412. The lowest BCUT2D eigenvalue weighted by atomic mass is 10.1. The van der Waals surface area contributed by atoms with E-state index >= 15 is 0 Å². The van der Waals surface area contributed by atoms with Gasteiger partial charge in [0.25, 0.3) is 0 Å². The Balaban J connectivity index is 1.99. The van der Waals surface area contributed by atoms with Gasteiger partial charge in [-0.1, -0.05) is 0 Å². The predicted molar refractivity (Wildman–Crippen MR) is 48.1 cm³/mol. The van der Waals surface area contributed by atoms with Crippen molar-refractivity contribution < 1.29 is 14.2 Å². The molecule has 2 aliphatic rings. The molecule has 0 aromatic carbocycles. The van der Waals surface area contributed by atoms with Gasteiger partial charge in [0.05, 0.1) is 6.61 Å². The maximum absolute atomic E-state index is 5.46. The molecule has 1 fully saturated rings. The zero-order valence-corrected chi connectivity index (χ0v) is 7.95. The smallest absolute Gasteiger partial charge is 0.220 e. The quantitative estimate of drug-likeness (QED) is 0.619. The normalized spacial score (nSPS) is 35.2. The topological polar surface area (TPSA) is 31.0 Å². The van der Waals surface area contributed by atoms with Crippen LogP contribution < -0.4 is 0 Å². The molecule has 1 saturated heterocycles. The molecular weight excluding hydrogens is 168 g/mol. The number of allylic oxidation sites excluding steroid dienone is 1. The van der Waals surface area contributed by atoms with E-state index in [0.717, 1.165) is 5.76 Å². The van der Waals surface area contributed by atoms with E-state index in [-0.39, 0.29) is 6.10 Å². The number of fused-ring (bicyclic) bond motifs is 1. The van der Waals surface area contributed by atoms with E-state index in [0.29, 0.717) is 13.2 Å². The minimum absolute atomic E-state index is 0.0546. The zero-order chi connectivity index (χ0) is 9.31. The highest BCUT2D eigenvalue weighted by Gasteiger charge is 2.56. The molecule has 0 radical (unpaired) electrons. The maximum Gasteiger partial charge on any atom is 0.220 e. The second-order valence-corrected chi connectivity index (χ2v) is 3.03. The van der Waals surface area contributed by atoms with Crippen LogP contribution >= 0.6 is 0 Å². The molecule has 0 aromatic heterocycles. The highest BCUT2D eigenvalue weighted by Crippen LogP contribution is 2.43. The summed E-state index contributed by atoms with van der Waals surface area (Å²) in [5, 5.41) is 0. The van der Waals surface area contributed by atoms with Crippen LogP contribution in [0.5, 0.6) is 0 Å². The van der Waals surface area contributed by atoms with Gasteiger partial charge in [0.1, 0.15) is 11.9 Å². The lowest BCUT2D eigenvalue weighted by Gasteiger charge is -2.11. The SMILES string of the molecule is CCOC1=CC2OC2(OCC)C=C1. The Hall–Kier alpha value is -0.800. The van der Waals surface area contributed by atoms with Gasteiger partial charge in [0.2, 0.25) is 5.79 Å². The third-order valence-corrected chi connectivity index (χ3v) is 2.13. The van der Waals surface area contributed by atoms with Crippen molar-refractivity contribution in [1.82, 2.24) is 0 Å². The van der Waals surface area contributed by atoms with E-state index in [9.17, 15) is 0 Å². The van der Waals surface area contributed by atoms with Gasteiger partial charge in [-0.2, -0.15) is 0 Å². The minimum Gasteiger partial charge on any atom is -0.494 e. The standard InChI is InChI=1S/C10H14O3/c1-3-11-8-5-6-10(12-4-2)9(7-8)13-10/h5-7,9H,3-4H2,1-2H3. The fourth-order valence-corrected chi connectivity index (χ4v) is 1.50. The first kappa shape index (κ1) is 8.78. The van der Waals surface area contributed by atoms with Gasteiger partial charge in [0, 0.05) is 6.61 Å². The van der Waals surface area contributed by atoms with Gasteiger partial charge in [-0.25, -0.2) is 0 Å². The van der Waals surface area contributed by atoms with Crippen molar-refractivity contribution in [3.8, 4) is 0 Å². The number of ether oxygens (including phenoxy) is 3. The van der Waals surface area contributed by atoms with Crippen LogP contribution in [-0.2, 0) is 14.2 Å². The Morgan fingerprint density at radius 2 is 2.31 bits per heavy atom. The Bertz CT molecular complexity index is 257. The van der Waals surface area contributed by atoms with Crippen LogP contribution in [0.15, 0.2) is 24.0 Å². The Morgan fingerprint density at radius 1 is 1.46 bits per heavy atom. The first-order valence-corrected chi connectivity index (χ1v) is 4.66. The van der Waals surface area contributed by atoms with Crippen molar-refractivity contribution in [2.75, 3.05) is 13.2 Å². The lowest BCUT2D eigenvalue weighted by Crippen LogP contribution is -2.18. The van der Waals surface area contributed by atoms with Gasteiger partial charge in [-0.05, 0) is 32.1 Å².